The minimum atomic E-state index is 0.102. The van der Waals surface area contributed by atoms with Gasteiger partial charge in [0.15, 0.2) is 0 Å². The van der Waals surface area contributed by atoms with Gasteiger partial charge in [0.2, 0.25) is 5.88 Å². The Kier molecular flexibility index (Phi) is 5.79. The minimum absolute atomic E-state index is 0.102. The van der Waals surface area contributed by atoms with E-state index in [4.69, 9.17) is 4.99 Å². The van der Waals surface area contributed by atoms with Gasteiger partial charge in [-0.2, -0.15) is 5.26 Å². The van der Waals surface area contributed by atoms with Crippen LogP contribution in [-0.4, -0.2) is 24.9 Å². The van der Waals surface area contributed by atoms with Gasteiger partial charge in [0.1, 0.15) is 0 Å². The van der Waals surface area contributed by atoms with Crippen molar-refractivity contribution >= 4 is 22.3 Å². The molecule has 6 aromatic rings. The van der Waals surface area contributed by atoms with Crippen molar-refractivity contribution < 1.29 is 5.11 Å². The molecule has 0 saturated carbocycles. The number of hydrogen-bond acceptors (Lipinski definition) is 4. The van der Waals surface area contributed by atoms with E-state index in [1.807, 2.05) is 113 Å². The van der Waals surface area contributed by atoms with E-state index in [2.05, 4.69) is 11.1 Å². The van der Waals surface area contributed by atoms with Crippen molar-refractivity contribution in [2.45, 2.75) is 0 Å². The number of aromatic hydroxyl groups is 1. The number of fused-ring (bicyclic) bond motifs is 1. The quantitative estimate of drug-likeness (QED) is 0.269. The lowest BCUT2D eigenvalue weighted by Crippen LogP contribution is -2.04. The van der Waals surface area contributed by atoms with Gasteiger partial charge >= 0.3 is 0 Å². The van der Waals surface area contributed by atoms with E-state index in [-0.39, 0.29) is 5.88 Å². The molecule has 0 spiro atoms. The number of imidazole rings is 1. The van der Waals surface area contributed by atoms with E-state index in [9.17, 15) is 10.4 Å². The highest BCUT2D eigenvalue weighted by atomic mass is 16.3. The van der Waals surface area contributed by atoms with Gasteiger partial charge in [-0.25, -0.2) is 9.98 Å². The Labute approximate surface area is 220 Å². The summed E-state index contributed by atoms with van der Waals surface area (Å²) >= 11 is 0. The molecule has 1 N–H and O–H groups in total. The van der Waals surface area contributed by atoms with Crippen LogP contribution in [0.3, 0.4) is 0 Å². The Hall–Kier alpha value is -5.41. The number of benzene rings is 4. The second kappa shape index (κ2) is 9.57. The summed E-state index contributed by atoms with van der Waals surface area (Å²) in [6, 6.07) is 35.0. The Morgan fingerprint density at radius 1 is 0.868 bits per heavy atom. The number of para-hydroxylation sites is 2. The highest BCUT2D eigenvalue weighted by Gasteiger charge is 2.23. The third-order valence-corrected chi connectivity index (χ3v) is 6.50. The van der Waals surface area contributed by atoms with Gasteiger partial charge in [0.25, 0.3) is 0 Å². The van der Waals surface area contributed by atoms with E-state index in [0.717, 1.165) is 39.1 Å². The fraction of sp³-hybridized carbons (Fsp3) is 0.0312. The molecule has 2 heterocycles. The predicted molar refractivity (Wildman–Crippen MR) is 150 cm³/mol. The second-order valence-corrected chi connectivity index (χ2v) is 9.01. The lowest BCUT2D eigenvalue weighted by Gasteiger charge is -2.10. The number of aryl methyl sites for hydroxylation is 1. The molecule has 0 aliphatic rings. The number of rotatable bonds is 5. The maximum absolute atomic E-state index is 11.7. The van der Waals surface area contributed by atoms with Gasteiger partial charge in [-0.3, -0.25) is 4.57 Å². The van der Waals surface area contributed by atoms with Crippen LogP contribution in [0.4, 0.5) is 5.69 Å². The Morgan fingerprint density at radius 2 is 1.58 bits per heavy atom. The molecule has 2 aromatic heterocycles. The summed E-state index contributed by atoms with van der Waals surface area (Å²) in [7, 11) is 1.94. The molecule has 0 aliphatic heterocycles. The third kappa shape index (κ3) is 4.12. The molecule has 0 bridgehead atoms. The van der Waals surface area contributed by atoms with Gasteiger partial charge in [0, 0.05) is 35.4 Å². The summed E-state index contributed by atoms with van der Waals surface area (Å²) in [5.74, 6) is 0.102. The Bertz CT molecular complexity index is 1820. The summed E-state index contributed by atoms with van der Waals surface area (Å²) in [5.41, 5.74) is 6.94. The highest BCUT2D eigenvalue weighted by Crippen LogP contribution is 2.37. The van der Waals surface area contributed by atoms with Crippen LogP contribution in [0.25, 0.3) is 27.8 Å². The average Bonchev–Trinajstić information content (AvgIpc) is 3.53. The van der Waals surface area contributed by atoms with Crippen molar-refractivity contribution in [1.29, 1.82) is 5.26 Å². The van der Waals surface area contributed by atoms with Crippen molar-refractivity contribution in [1.82, 2.24) is 14.1 Å². The molecular weight excluding hydrogens is 470 g/mol. The normalized spacial score (nSPS) is 11.5. The summed E-state index contributed by atoms with van der Waals surface area (Å²) in [6.07, 6.45) is 3.74. The first kappa shape index (κ1) is 23.0. The summed E-state index contributed by atoms with van der Waals surface area (Å²) in [6.45, 7) is 0. The van der Waals surface area contributed by atoms with E-state index in [0.29, 0.717) is 16.8 Å². The van der Waals surface area contributed by atoms with E-state index >= 15 is 0 Å². The van der Waals surface area contributed by atoms with Crippen LogP contribution in [-0.2, 0) is 7.05 Å². The first-order chi connectivity index (χ1) is 18.6. The Morgan fingerprint density at radius 3 is 2.26 bits per heavy atom. The fourth-order valence-corrected chi connectivity index (χ4v) is 4.66. The van der Waals surface area contributed by atoms with Crippen LogP contribution in [0, 0.1) is 11.3 Å². The smallest absolute Gasteiger partial charge is 0.206 e. The van der Waals surface area contributed by atoms with Crippen molar-refractivity contribution in [3.8, 4) is 28.9 Å². The molecule has 6 rings (SSSR count). The second-order valence-electron chi connectivity index (χ2n) is 9.01. The van der Waals surface area contributed by atoms with Crippen LogP contribution in [0.1, 0.15) is 16.7 Å². The average molecular weight is 494 g/mol. The number of aromatic nitrogens is 3. The molecule has 4 aromatic carbocycles. The lowest BCUT2D eigenvalue weighted by atomic mass is 9.99. The third-order valence-electron chi connectivity index (χ3n) is 6.50. The molecule has 6 heteroatoms. The van der Waals surface area contributed by atoms with Gasteiger partial charge in [-0.1, -0.05) is 60.7 Å². The highest BCUT2D eigenvalue weighted by molar-refractivity contribution is 6.22. The van der Waals surface area contributed by atoms with Crippen LogP contribution >= 0.6 is 0 Å². The summed E-state index contributed by atoms with van der Waals surface area (Å²) in [4.78, 5) is 9.48. The van der Waals surface area contributed by atoms with E-state index < -0.39 is 0 Å². The molecule has 0 fully saturated rings. The largest absolute Gasteiger partial charge is 0.494 e. The maximum Gasteiger partial charge on any atom is 0.206 e. The summed E-state index contributed by atoms with van der Waals surface area (Å²) in [5, 5.41) is 21.9. The molecule has 182 valence electrons. The molecular formula is C32H23N5O. The molecule has 0 atom stereocenters. The predicted octanol–water partition coefficient (Wildman–Crippen LogP) is 6.78. The number of aliphatic imine (C=N–C) groups is 1. The molecule has 0 aliphatic carbocycles. The monoisotopic (exact) mass is 493 g/mol. The van der Waals surface area contributed by atoms with E-state index in [1.54, 1.807) is 18.5 Å². The zero-order chi connectivity index (χ0) is 26.1. The van der Waals surface area contributed by atoms with Crippen molar-refractivity contribution in [2.24, 2.45) is 12.0 Å². The number of nitrogens with zero attached hydrogens (tertiary/aromatic N) is 5. The number of nitriles is 1. The topological polar surface area (TPSA) is 79.1 Å². The fourth-order valence-electron chi connectivity index (χ4n) is 4.66. The van der Waals surface area contributed by atoms with Gasteiger partial charge in [0.05, 0.1) is 46.1 Å². The molecule has 0 radical (unpaired) electrons. The molecule has 0 saturated heterocycles. The first-order valence-corrected chi connectivity index (χ1v) is 12.2. The minimum Gasteiger partial charge on any atom is -0.494 e. The zero-order valence-corrected chi connectivity index (χ0v) is 20.7. The molecule has 0 unspecified atom stereocenters. The Balaban J connectivity index is 1.56. The van der Waals surface area contributed by atoms with Crippen molar-refractivity contribution in [2.75, 3.05) is 0 Å². The molecule has 6 nitrogen and oxygen atoms in total. The van der Waals surface area contributed by atoms with Crippen LogP contribution in [0.5, 0.6) is 5.88 Å². The van der Waals surface area contributed by atoms with Crippen molar-refractivity contribution in [3.05, 3.63) is 132 Å². The van der Waals surface area contributed by atoms with Gasteiger partial charge in [-0.05, 0) is 42.5 Å². The van der Waals surface area contributed by atoms with E-state index in [1.165, 1.54) is 0 Å². The standard InChI is InChI=1S/C32H23N5O/c1-36-20-28(34-21-36)23-15-17-25(18-16-23)35-31(24-13-11-22(19-33)12-14-24)30-27-9-5-6-10-29(27)37(32(30)38)26-7-3-2-4-8-26/h2-18,20-21,38H,1H3. The molecule has 0 amide bonds. The van der Waals surface area contributed by atoms with Crippen LogP contribution < -0.4 is 0 Å². The van der Waals surface area contributed by atoms with Crippen LogP contribution in [0.2, 0.25) is 0 Å². The SMILES string of the molecule is Cn1cnc(-c2ccc(N=C(c3ccc(C#N)cc3)c3c(O)n(-c4ccccc4)c4ccccc34)cc2)c1. The van der Waals surface area contributed by atoms with Crippen LogP contribution in [0.15, 0.2) is 121 Å². The summed E-state index contributed by atoms with van der Waals surface area (Å²) < 4.78 is 3.75. The molecule has 38 heavy (non-hydrogen) atoms. The first-order valence-electron chi connectivity index (χ1n) is 12.2. The van der Waals surface area contributed by atoms with Gasteiger partial charge in [-0.15, -0.1) is 0 Å². The maximum atomic E-state index is 11.7. The lowest BCUT2D eigenvalue weighted by molar-refractivity contribution is 0.444. The number of hydrogen-bond donors (Lipinski definition) is 1. The zero-order valence-electron chi connectivity index (χ0n) is 20.7. The van der Waals surface area contributed by atoms with Crippen molar-refractivity contribution in [3.63, 3.8) is 0 Å². The van der Waals surface area contributed by atoms with Gasteiger partial charge < -0.3 is 9.67 Å².